The van der Waals surface area contributed by atoms with E-state index in [4.69, 9.17) is 5.26 Å². The summed E-state index contributed by atoms with van der Waals surface area (Å²) in [4.78, 5) is 2.39. The van der Waals surface area contributed by atoms with Crippen molar-refractivity contribution in [2.24, 2.45) is 0 Å². The van der Waals surface area contributed by atoms with E-state index in [1.807, 2.05) is 18.2 Å². The molecule has 2 heteroatoms. The minimum absolute atomic E-state index is 0.452. The van der Waals surface area contributed by atoms with Gasteiger partial charge in [-0.1, -0.05) is 66.4 Å². The highest BCUT2D eigenvalue weighted by atomic mass is 32.2. The highest BCUT2D eigenvalue weighted by molar-refractivity contribution is 7.99. The first-order chi connectivity index (χ1) is 9.88. The Morgan fingerprint density at radius 2 is 1.50 bits per heavy atom. The van der Waals surface area contributed by atoms with Crippen molar-refractivity contribution in [3.63, 3.8) is 0 Å². The van der Waals surface area contributed by atoms with Crippen LogP contribution >= 0.6 is 11.8 Å². The van der Waals surface area contributed by atoms with Crippen LogP contribution in [0.25, 0.3) is 10.8 Å². The van der Waals surface area contributed by atoms with Gasteiger partial charge >= 0.3 is 0 Å². The molecule has 0 aromatic heterocycles. The van der Waals surface area contributed by atoms with Gasteiger partial charge in [0.2, 0.25) is 0 Å². The van der Waals surface area contributed by atoms with E-state index in [1.165, 1.54) is 15.7 Å². The fraction of sp³-hybridized carbons (Fsp3) is 0.0556. The monoisotopic (exact) mass is 275 g/mol. The van der Waals surface area contributed by atoms with Crippen molar-refractivity contribution in [3.05, 3.63) is 72.3 Å². The van der Waals surface area contributed by atoms with E-state index in [1.54, 1.807) is 11.8 Å². The predicted molar refractivity (Wildman–Crippen MR) is 83.8 cm³/mol. The molecule has 0 fully saturated rings. The molecule has 0 unspecified atom stereocenters. The fourth-order valence-electron chi connectivity index (χ4n) is 2.24. The molecule has 0 aliphatic heterocycles. The third-order valence-electron chi connectivity index (χ3n) is 3.21. The third-order valence-corrected chi connectivity index (χ3v) is 4.41. The van der Waals surface area contributed by atoms with E-state index in [-0.39, 0.29) is 0 Å². The molecule has 3 rings (SSSR count). The van der Waals surface area contributed by atoms with Crippen LogP contribution in [-0.4, -0.2) is 0 Å². The largest absolute Gasteiger partial charge is 0.198 e. The van der Waals surface area contributed by atoms with Crippen molar-refractivity contribution in [3.8, 4) is 6.07 Å². The molecule has 3 aromatic rings. The van der Waals surface area contributed by atoms with Gasteiger partial charge in [-0.25, -0.2) is 0 Å². The Labute approximate surface area is 122 Å². The number of nitrogens with zero attached hydrogens (tertiary/aromatic N) is 1. The summed E-state index contributed by atoms with van der Waals surface area (Å²) >= 11 is 1.73. The average molecular weight is 275 g/mol. The maximum absolute atomic E-state index is 8.92. The van der Waals surface area contributed by atoms with Crippen LogP contribution in [-0.2, 0) is 6.42 Å². The van der Waals surface area contributed by atoms with Crippen LogP contribution in [0.5, 0.6) is 0 Å². The van der Waals surface area contributed by atoms with E-state index in [2.05, 4.69) is 54.6 Å². The summed E-state index contributed by atoms with van der Waals surface area (Å²) in [6.07, 6.45) is 0.452. The van der Waals surface area contributed by atoms with Gasteiger partial charge in [-0.3, -0.25) is 0 Å². The SMILES string of the molecule is N#CCc1ccccc1Sc1cccc2ccccc12. The number of nitriles is 1. The van der Waals surface area contributed by atoms with Crippen molar-refractivity contribution < 1.29 is 0 Å². The average Bonchev–Trinajstić information content (AvgIpc) is 2.50. The Morgan fingerprint density at radius 3 is 2.40 bits per heavy atom. The van der Waals surface area contributed by atoms with Crippen molar-refractivity contribution in [1.29, 1.82) is 5.26 Å². The Bertz CT molecular complexity index is 781. The molecule has 0 amide bonds. The van der Waals surface area contributed by atoms with Gasteiger partial charge < -0.3 is 0 Å². The van der Waals surface area contributed by atoms with Gasteiger partial charge in [0.1, 0.15) is 0 Å². The second-order valence-electron chi connectivity index (χ2n) is 4.52. The van der Waals surface area contributed by atoms with Crippen LogP contribution in [0.3, 0.4) is 0 Å². The molecule has 3 aromatic carbocycles. The van der Waals surface area contributed by atoms with E-state index in [0.29, 0.717) is 6.42 Å². The summed E-state index contributed by atoms with van der Waals surface area (Å²) in [6, 6.07) is 25.1. The molecule has 0 aliphatic carbocycles. The highest BCUT2D eigenvalue weighted by Gasteiger charge is 2.06. The molecule has 0 saturated carbocycles. The van der Waals surface area contributed by atoms with Gasteiger partial charge in [0.05, 0.1) is 12.5 Å². The van der Waals surface area contributed by atoms with E-state index in [9.17, 15) is 0 Å². The molecule has 0 spiro atoms. The molecule has 0 bridgehead atoms. The van der Waals surface area contributed by atoms with Crippen LogP contribution in [0.4, 0.5) is 0 Å². The molecule has 0 radical (unpaired) electrons. The van der Waals surface area contributed by atoms with Crippen LogP contribution in [0.15, 0.2) is 76.5 Å². The third kappa shape index (κ3) is 2.54. The lowest BCUT2D eigenvalue weighted by Crippen LogP contribution is -1.86. The highest BCUT2D eigenvalue weighted by Crippen LogP contribution is 2.35. The first-order valence-corrected chi connectivity index (χ1v) is 7.30. The fourth-order valence-corrected chi connectivity index (χ4v) is 3.34. The molecule has 0 heterocycles. The lowest BCUT2D eigenvalue weighted by molar-refractivity contribution is 1.18. The second-order valence-corrected chi connectivity index (χ2v) is 5.61. The summed E-state index contributed by atoms with van der Waals surface area (Å²) in [6.45, 7) is 0. The molecular formula is C18H13NS. The zero-order valence-corrected chi connectivity index (χ0v) is 11.7. The van der Waals surface area contributed by atoms with E-state index < -0.39 is 0 Å². The molecule has 0 N–H and O–H groups in total. The summed E-state index contributed by atoms with van der Waals surface area (Å²) in [5, 5.41) is 11.4. The Hall–Kier alpha value is -2.24. The zero-order valence-electron chi connectivity index (χ0n) is 10.9. The van der Waals surface area contributed by atoms with Crippen LogP contribution in [0, 0.1) is 11.3 Å². The maximum Gasteiger partial charge on any atom is 0.0670 e. The van der Waals surface area contributed by atoms with Crippen molar-refractivity contribution >= 4 is 22.5 Å². The smallest absolute Gasteiger partial charge is 0.0670 e. The second kappa shape index (κ2) is 5.81. The Morgan fingerprint density at radius 1 is 0.800 bits per heavy atom. The number of hydrogen-bond acceptors (Lipinski definition) is 2. The zero-order chi connectivity index (χ0) is 13.8. The van der Waals surface area contributed by atoms with E-state index in [0.717, 1.165) is 10.5 Å². The molecule has 96 valence electrons. The van der Waals surface area contributed by atoms with Gasteiger partial charge in [-0.05, 0) is 28.5 Å². The van der Waals surface area contributed by atoms with Gasteiger partial charge in [0.15, 0.2) is 0 Å². The summed E-state index contributed by atoms with van der Waals surface area (Å²) in [5.41, 5.74) is 1.09. The summed E-state index contributed by atoms with van der Waals surface area (Å²) in [7, 11) is 0. The van der Waals surface area contributed by atoms with Crippen molar-refractivity contribution in [2.45, 2.75) is 16.2 Å². The predicted octanol–water partition coefficient (Wildman–Crippen LogP) is 5.06. The number of hydrogen-bond donors (Lipinski definition) is 0. The van der Waals surface area contributed by atoms with Crippen LogP contribution in [0.2, 0.25) is 0 Å². The van der Waals surface area contributed by atoms with Crippen molar-refractivity contribution in [1.82, 2.24) is 0 Å². The molecule has 0 aliphatic rings. The first-order valence-electron chi connectivity index (χ1n) is 6.49. The quantitative estimate of drug-likeness (QED) is 0.667. The minimum atomic E-state index is 0.452. The van der Waals surface area contributed by atoms with Crippen LogP contribution in [0.1, 0.15) is 5.56 Å². The standard InChI is InChI=1S/C18H13NS/c19-13-12-15-7-2-4-10-17(15)20-18-11-5-8-14-6-1-3-9-16(14)18/h1-11H,12H2. The van der Waals surface area contributed by atoms with Crippen LogP contribution < -0.4 is 0 Å². The maximum atomic E-state index is 8.92. The molecule has 20 heavy (non-hydrogen) atoms. The number of fused-ring (bicyclic) bond motifs is 1. The Balaban J connectivity index is 2.04. The molecule has 0 atom stereocenters. The molecule has 0 saturated heterocycles. The first kappa shape index (κ1) is 12.8. The molecule has 1 nitrogen and oxygen atoms in total. The van der Waals surface area contributed by atoms with Crippen molar-refractivity contribution in [2.75, 3.05) is 0 Å². The van der Waals surface area contributed by atoms with Gasteiger partial charge in [-0.15, -0.1) is 0 Å². The lowest BCUT2D eigenvalue weighted by atomic mass is 10.1. The summed E-state index contributed by atoms with van der Waals surface area (Å²) in [5.74, 6) is 0. The van der Waals surface area contributed by atoms with Gasteiger partial charge in [0.25, 0.3) is 0 Å². The normalized spacial score (nSPS) is 10.3. The lowest BCUT2D eigenvalue weighted by Gasteiger charge is -2.09. The topological polar surface area (TPSA) is 23.8 Å². The summed E-state index contributed by atoms with van der Waals surface area (Å²) < 4.78 is 0. The number of benzene rings is 3. The number of rotatable bonds is 3. The molecular weight excluding hydrogens is 262 g/mol. The Kier molecular flexibility index (Phi) is 3.71. The van der Waals surface area contributed by atoms with E-state index >= 15 is 0 Å². The minimum Gasteiger partial charge on any atom is -0.198 e. The van der Waals surface area contributed by atoms with Gasteiger partial charge in [0, 0.05) is 9.79 Å². The van der Waals surface area contributed by atoms with Gasteiger partial charge in [-0.2, -0.15) is 5.26 Å².